The Morgan fingerprint density at radius 1 is 1.21 bits per heavy atom. The van der Waals surface area contributed by atoms with Crippen molar-refractivity contribution in [2.45, 2.75) is 26.2 Å². The van der Waals surface area contributed by atoms with Crippen molar-refractivity contribution < 1.29 is 14.4 Å². The molecule has 0 spiro atoms. The first-order chi connectivity index (χ1) is 11.5. The number of halogens is 1. The zero-order valence-corrected chi connectivity index (χ0v) is 14.2. The number of benzene rings is 1. The Bertz CT molecular complexity index is 703. The normalized spacial score (nSPS) is 22.7. The molecule has 6 heteroatoms. The molecule has 0 unspecified atom stereocenters. The standard InChI is InChI=1S/C18H19ClN2O3/c1-11-14(19)7-4-8-15(11)20-16(22)9-10-21-17(23)12-5-2-3-6-13(12)18(21)24/h2-4,7-8,12-13H,5-6,9-10H2,1H3,(H,20,22)/t12-,13+. The van der Waals surface area contributed by atoms with E-state index in [1.807, 2.05) is 19.1 Å². The highest BCUT2D eigenvalue weighted by Gasteiger charge is 2.46. The summed E-state index contributed by atoms with van der Waals surface area (Å²) in [4.78, 5) is 38.1. The monoisotopic (exact) mass is 346 g/mol. The zero-order chi connectivity index (χ0) is 17.3. The number of anilines is 1. The molecule has 1 aliphatic heterocycles. The molecule has 5 nitrogen and oxygen atoms in total. The van der Waals surface area contributed by atoms with Gasteiger partial charge >= 0.3 is 0 Å². The summed E-state index contributed by atoms with van der Waals surface area (Å²) in [6.45, 7) is 1.94. The summed E-state index contributed by atoms with van der Waals surface area (Å²) in [5.41, 5.74) is 1.43. The van der Waals surface area contributed by atoms with Crippen LogP contribution in [0.3, 0.4) is 0 Å². The fraction of sp³-hybridized carbons (Fsp3) is 0.389. The lowest BCUT2D eigenvalue weighted by atomic mass is 9.85. The molecule has 1 fully saturated rings. The van der Waals surface area contributed by atoms with Crippen LogP contribution >= 0.6 is 11.6 Å². The van der Waals surface area contributed by atoms with E-state index in [2.05, 4.69) is 5.32 Å². The fourth-order valence-electron chi connectivity index (χ4n) is 3.26. The Balaban J connectivity index is 1.59. The van der Waals surface area contributed by atoms with Gasteiger partial charge in [0.1, 0.15) is 0 Å². The van der Waals surface area contributed by atoms with Crippen LogP contribution in [-0.2, 0) is 14.4 Å². The number of likely N-dealkylation sites (tertiary alicyclic amines) is 1. The van der Waals surface area contributed by atoms with Gasteiger partial charge in [-0.05, 0) is 37.5 Å². The maximum Gasteiger partial charge on any atom is 0.233 e. The van der Waals surface area contributed by atoms with Gasteiger partial charge in [0, 0.05) is 23.7 Å². The molecule has 2 aliphatic rings. The predicted octanol–water partition coefficient (Wildman–Crippen LogP) is 2.93. The SMILES string of the molecule is Cc1c(Cl)cccc1NC(=O)CCN1C(=O)[C@H]2CC=CC[C@H]2C1=O. The van der Waals surface area contributed by atoms with Crippen LogP contribution in [0.2, 0.25) is 5.02 Å². The summed E-state index contributed by atoms with van der Waals surface area (Å²) in [7, 11) is 0. The van der Waals surface area contributed by atoms with Crippen LogP contribution < -0.4 is 5.32 Å². The van der Waals surface area contributed by atoms with E-state index >= 15 is 0 Å². The van der Waals surface area contributed by atoms with Crippen molar-refractivity contribution in [2.75, 3.05) is 11.9 Å². The van der Waals surface area contributed by atoms with Gasteiger partial charge in [0.05, 0.1) is 11.8 Å². The second kappa shape index (κ2) is 6.77. The van der Waals surface area contributed by atoms with Gasteiger partial charge in [0.2, 0.25) is 17.7 Å². The summed E-state index contributed by atoms with van der Waals surface area (Å²) >= 11 is 6.03. The highest BCUT2D eigenvalue weighted by molar-refractivity contribution is 6.31. The number of nitrogens with zero attached hydrogens (tertiary/aromatic N) is 1. The van der Waals surface area contributed by atoms with Crippen molar-refractivity contribution in [3.8, 4) is 0 Å². The largest absolute Gasteiger partial charge is 0.326 e. The lowest BCUT2D eigenvalue weighted by Crippen LogP contribution is -2.34. The minimum Gasteiger partial charge on any atom is -0.326 e. The van der Waals surface area contributed by atoms with Crippen molar-refractivity contribution in [3.05, 3.63) is 40.9 Å². The van der Waals surface area contributed by atoms with Gasteiger partial charge in [-0.1, -0.05) is 29.8 Å². The second-order valence-corrected chi connectivity index (χ2v) is 6.60. The minimum atomic E-state index is -0.249. The quantitative estimate of drug-likeness (QED) is 0.673. The molecule has 126 valence electrons. The van der Waals surface area contributed by atoms with Crippen molar-refractivity contribution in [3.63, 3.8) is 0 Å². The third kappa shape index (κ3) is 3.08. The fourth-order valence-corrected chi connectivity index (χ4v) is 3.43. The van der Waals surface area contributed by atoms with E-state index in [9.17, 15) is 14.4 Å². The molecule has 0 bridgehead atoms. The maximum atomic E-state index is 12.3. The van der Waals surface area contributed by atoms with E-state index in [4.69, 9.17) is 11.6 Å². The number of allylic oxidation sites excluding steroid dienone is 2. The van der Waals surface area contributed by atoms with Gasteiger partial charge in [-0.2, -0.15) is 0 Å². The van der Waals surface area contributed by atoms with Gasteiger partial charge in [-0.3, -0.25) is 19.3 Å². The van der Waals surface area contributed by atoms with E-state index in [0.717, 1.165) is 5.56 Å². The van der Waals surface area contributed by atoms with Gasteiger partial charge in [-0.15, -0.1) is 0 Å². The van der Waals surface area contributed by atoms with Crippen LogP contribution in [-0.4, -0.2) is 29.2 Å². The molecule has 3 rings (SSSR count). The third-order valence-electron chi connectivity index (χ3n) is 4.70. The molecule has 1 aromatic carbocycles. The highest BCUT2D eigenvalue weighted by Crippen LogP contribution is 2.35. The van der Waals surface area contributed by atoms with Crippen LogP contribution in [0.5, 0.6) is 0 Å². The summed E-state index contributed by atoms with van der Waals surface area (Å²) < 4.78 is 0. The van der Waals surface area contributed by atoms with E-state index in [-0.39, 0.29) is 42.5 Å². The lowest BCUT2D eigenvalue weighted by Gasteiger charge is -2.15. The molecule has 1 heterocycles. The molecule has 2 atom stereocenters. The molecule has 1 aromatic rings. The lowest BCUT2D eigenvalue weighted by molar-refractivity contribution is -0.140. The maximum absolute atomic E-state index is 12.3. The molecule has 1 N–H and O–H groups in total. The van der Waals surface area contributed by atoms with Crippen LogP contribution in [0.25, 0.3) is 0 Å². The van der Waals surface area contributed by atoms with Crippen molar-refractivity contribution in [2.24, 2.45) is 11.8 Å². The van der Waals surface area contributed by atoms with Gasteiger partial charge in [0.15, 0.2) is 0 Å². The van der Waals surface area contributed by atoms with Crippen LogP contribution in [0.4, 0.5) is 5.69 Å². The molecular formula is C18H19ClN2O3. The number of rotatable bonds is 4. The summed E-state index contributed by atoms with van der Waals surface area (Å²) in [5, 5.41) is 3.36. The highest BCUT2D eigenvalue weighted by atomic mass is 35.5. The smallest absolute Gasteiger partial charge is 0.233 e. The van der Waals surface area contributed by atoms with E-state index in [1.54, 1.807) is 18.2 Å². The average Bonchev–Trinajstić information content (AvgIpc) is 2.82. The predicted molar refractivity (Wildman–Crippen MR) is 91.5 cm³/mol. The van der Waals surface area contributed by atoms with E-state index < -0.39 is 0 Å². The number of hydrogen-bond acceptors (Lipinski definition) is 3. The Labute approximate surface area is 145 Å². The number of fused-ring (bicyclic) bond motifs is 1. The Hall–Kier alpha value is -2.14. The molecule has 24 heavy (non-hydrogen) atoms. The molecular weight excluding hydrogens is 328 g/mol. The van der Waals surface area contributed by atoms with Crippen LogP contribution in [0, 0.1) is 18.8 Å². The first kappa shape index (κ1) is 16.7. The summed E-state index contributed by atoms with van der Waals surface area (Å²) in [5.74, 6) is -1.04. The molecule has 0 aromatic heterocycles. The summed E-state index contributed by atoms with van der Waals surface area (Å²) in [6, 6.07) is 5.28. The molecule has 1 saturated heterocycles. The number of nitrogens with one attached hydrogen (secondary N) is 1. The summed E-state index contributed by atoms with van der Waals surface area (Å²) in [6.07, 6.45) is 5.20. The minimum absolute atomic E-state index is 0.0797. The average molecular weight is 347 g/mol. The van der Waals surface area contributed by atoms with Gasteiger partial charge in [0.25, 0.3) is 0 Å². The number of carbonyl (C=O) groups excluding carboxylic acids is 3. The molecule has 0 radical (unpaired) electrons. The number of imide groups is 1. The Kier molecular flexibility index (Phi) is 4.71. The van der Waals surface area contributed by atoms with Crippen LogP contribution in [0.15, 0.2) is 30.4 Å². The Morgan fingerprint density at radius 3 is 2.46 bits per heavy atom. The number of hydrogen-bond donors (Lipinski definition) is 1. The van der Waals surface area contributed by atoms with E-state index in [0.29, 0.717) is 23.6 Å². The van der Waals surface area contributed by atoms with Crippen LogP contribution in [0.1, 0.15) is 24.8 Å². The number of carbonyl (C=O) groups is 3. The topological polar surface area (TPSA) is 66.5 Å². The van der Waals surface area contributed by atoms with Crippen molar-refractivity contribution in [1.82, 2.24) is 4.90 Å². The molecule has 1 aliphatic carbocycles. The van der Waals surface area contributed by atoms with Crippen molar-refractivity contribution in [1.29, 1.82) is 0 Å². The number of amides is 3. The van der Waals surface area contributed by atoms with Gasteiger partial charge in [-0.25, -0.2) is 0 Å². The van der Waals surface area contributed by atoms with Crippen molar-refractivity contribution >= 4 is 35.0 Å². The molecule has 3 amide bonds. The third-order valence-corrected chi connectivity index (χ3v) is 5.11. The zero-order valence-electron chi connectivity index (χ0n) is 13.4. The second-order valence-electron chi connectivity index (χ2n) is 6.19. The van der Waals surface area contributed by atoms with E-state index in [1.165, 1.54) is 4.90 Å². The first-order valence-corrected chi connectivity index (χ1v) is 8.42. The first-order valence-electron chi connectivity index (χ1n) is 8.04. The Morgan fingerprint density at radius 2 is 1.83 bits per heavy atom. The molecule has 0 saturated carbocycles. The van der Waals surface area contributed by atoms with Gasteiger partial charge < -0.3 is 5.32 Å².